The smallest absolute Gasteiger partial charge is 0.257 e. The van der Waals surface area contributed by atoms with E-state index in [-0.39, 0.29) is 12.5 Å². The molecule has 0 radical (unpaired) electrons. The number of nitrogens with two attached hydrogens (primary N) is 1. The molecule has 0 bridgehead atoms. The zero-order valence-electron chi connectivity index (χ0n) is 12.2. The summed E-state index contributed by atoms with van der Waals surface area (Å²) in [5.74, 6) is -0.0806. The average Bonchev–Trinajstić information content (AvgIpc) is 2.52. The molecule has 1 aliphatic carbocycles. The van der Waals surface area contributed by atoms with Crippen LogP contribution in [0.15, 0.2) is 18.7 Å². The molecule has 6 nitrogen and oxygen atoms in total. The molecule has 1 aliphatic rings. The second-order valence-corrected chi connectivity index (χ2v) is 5.61. The summed E-state index contributed by atoms with van der Waals surface area (Å²) in [6, 6.07) is 0. The zero-order valence-corrected chi connectivity index (χ0v) is 12.2. The third-order valence-corrected chi connectivity index (χ3v) is 3.97. The first-order valence-corrected chi connectivity index (χ1v) is 7.49. The molecule has 1 saturated carbocycles. The SMILES string of the molecule is NC(=O)CN(CCC1CCCCC1)C(=O)c1cncnc1. The Balaban J connectivity index is 1.96. The summed E-state index contributed by atoms with van der Waals surface area (Å²) in [6.45, 7) is 0.502. The van der Waals surface area contributed by atoms with E-state index in [4.69, 9.17) is 5.73 Å². The molecule has 2 rings (SSSR count). The maximum atomic E-state index is 12.4. The number of aromatic nitrogens is 2. The van der Waals surface area contributed by atoms with Crippen molar-refractivity contribution in [1.29, 1.82) is 0 Å². The lowest BCUT2D eigenvalue weighted by Crippen LogP contribution is -2.39. The molecule has 1 aromatic rings. The van der Waals surface area contributed by atoms with Crippen LogP contribution >= 0.6 is 0 Å². The lowest BCUT2D eigenvalue weighted by Gasteiger charge is -2.26. The highest BCUT2D eigenvalue weighted by Gasteiger charge is 2.20. The van der Waals surface area contributed by atoms with E-state index in [9.17, 15) is 9.59 Å². The van der Waals surface area contributed by atoms with Gasteiger partial charge in [0.15, 0.2) is 0 Å². The van der Waals surface area contributed by atoms with Crippen molar-refractivity contribution in [1.82, 2.24) is 14.9 Å². The minimum absolute atomic E-state index is 0.0551. The number of amides is 2. The van der Waals surface area contributed by atoms with Gasteiger partial charge in [0.25, 0.3) is 5.91 Å². The number of rotatable bonds is 6. The van der Waals surface area contributed by atoms with Crippen molar-refractivity contribution in [3.05, 3.63) is 24.3 Å². The van der Waals surface area contributed by atoms with Crippen molar-refractivity contribution >= 4 is 11.8 Å². The molecule has 0 atom stereocenters. The summed E-state index contributed by atoms with van der Waals surface area (Å²) in [5.41, 5.74) is 5.64. The van der Waals surface area contributed by atoms with Crippen LogP contribution in [-0.2, 0) is 4.79 Å². The minimum atomic E-state index is -0.496. The number of hydrogen-bond donors (Lipinski definition) is 1. The van der Waals surface area contributed by atoms with Crippen molar-refractivity contribution in [2.45, 2.75) is 38.5 Å². The molecule has 21 heavy (non-hydrogen) atoms. The highest BCUT2D eigenvalue weighted by molar-refractivity contribution is 5.95. The predicted molar refractivity (Wildman–Crippen MR) is 78.3 cm³/mol. The summed E-state index contributed by atoms with van der Waals surface area (Å²) in [7, 11) is 0. The molecule has 0 aromatic carbocycles. The summed E-state index contributed by atoms with van der Waals surface area (Å²) in [5, 5.41) is 0. The topological polar surface area (TPSA) is 89.2 Å². The van der Waals surface area contributed by atoms with E-state index in [2.05, 4.69) is 9.97 Å². The van der Waals surface area contributed by atoms with E-state index < -0.39 is 5.91 Å². The first-order chi connectivity index (χ1) is 10.2. The number of nitrogens with zero attached hydrogens (tertiary/aromatic N) is 3. The monoisotopic (exact) mass is 290 g/mol. The van der Waals surface area contributed by atoms with Gasteiger partial charge in [0.1, 0.15) is 6.33 Å². The van der Waals surface area contributed by atoms with Crippen LogP contribution in [0.4, 0.5) is 0 Å². The third-order valence-electron chi connectivity index (χ3n) is 3.97. The Labute approximate surface area is 124 Å². The fraction of sp³-hybridized carbons (Fsp3) is 0.600. The van der Waals surface area contributed by atoms with Crippen LogP contribution in [-0.4, -0.2) is 39.8 Å². The Hall–Kier alpha value is -1.98. The Morgan fingerprint density at radius 3 is 2.48 bits per heavy atom. The van der Waals surface area contributed by atoms with Crippen molar-refractivity contribution in [3.8, 4) is 0 Å². The van der Waals surface area contributed by atoms with E-state index >= 15 is 0 Å². The average molecular weight is 290 g/mol. The molecular formula is C15H22N4O2. The number of hydrogen-bond acceptors (Lipinski definition) is 4. The Morgan fingerprint density at radius 1 is 1.19 bits per heavy atom. The van der Waals surface area contributed by atoms with Crippen LogP contribution in [0.1, 0.15) is 48.9 Å². The lowest BCUT2D eigenvalue weighted by molar-refractivity contribution is -0.118. The van der Waals surface area contributed by atoms with E-state index in [0.29, 0.717) is 18.0 Å². The maximum absolute atomic E-state index is 12.4. The highest BCUT2D eigenvalue weighted by Crippen LogP contribution is 2.26. The van der Waals surface area contributed by atoms with Gasteiger partial charge in [-0.15, -0.1) is 0 Å². The van der Waals surface area contributed by atoms with Crippen LogP contribution in [0, 0.1) is 5.92 Å². The van der Waals surface area contributed by atoms with E-state index in [1.807, 2.05) is 0 Å². The fourth-order valence-electron chi connectivity index (χ4n) is 2.85. The van der Waals surface area contributed by atoms with Gasteiger partial charge in [0, 0.05) is 18.9 Å². The van der Waals surface area contributed by atoms with Gasteiger partial charge < -0.3 is 10.6 Å². The molecule has 2 amide bonds. The molecule has 0 spiro atoms. The number of primary amides is 1. The molecule has 2 N–H and O–H groups in total. The first-order valence-electron chi connectivity index (χ1n) is 7.49. The van der Waals surface area contributed by atoms with Crippen LogP contribution in [0.2, 0.25) is 0 Å². The van der Waals surface area contributed by atoms with Crippen molar-refractivity contribution in [2.75, 3.05) is 13.1 Å². The normalized spacial score (nSPS) is 15.6. The zero-order chi connectivity index (χ0) is 15.1. The molecule has 114 valence electrons. The second-order valence-electron chi connectivity index (χ2n) is 5.61. The lowest BCUT2D eigenvalue weighted by atomic mass is 9.87. The van der Waals surface area contributed by atoms with Gasteiger partial charge in [0.05, 0.1) is 12.1 Å². The molecule has 6 heteroatoms. The van der Waals surface area contributed by atoms with Crippen molar-refractivity contribution in [3.63, 3.8) is 0 Å². The predicted octanol–water partition coefficient (Wildman–Crippen LogP) is 1.37. The van der Waals surface area contributed by atoms with Gasteiger partial charge in [-0.25, -0.2) is 9.97 Å². The van der Waals surface area contributed by atoms with Gasteiger partial charge >= 0.3 is 0 Å². The maximum Gasteiger partial charge on any atom is 0.257 e. The van der Waals surface area contributed by atoms with Crippen LogP contribution < -0.4 is 5.73 Å². The molecular weight excluding hydrogens is 268 g/mol. The minimum Gasteiger partial charge on any atom is -0.368 e. The Bertz CT molecular complexity index is 472. The molecule has 1 heterocycles. The fourth-order valence-corrected chi connectivity index (χ4v) is 2.85. The molecule has 1 aromatic heterocycles. The van der Waals surface area contributed by atoms with E-state index in [0.717, 1.165) is 6.42 Å². The van der Waals surface area contributed by atoms with Crippen molar-refractivity contribution in [2.24, 2.45) is 11.7 Å². The van der Waals surface area contributed by atoms with E-state index in [1.165, 1.54) is 55.7 Å². The van der Waals surface area contributed by atoms with Gasteiger partial charge in [-0.2, -0.15) is 0 Å². The van der Waals surface area contributed by atoms with Gasteiger partial charge in [-0.3, -0.25) is 9.59 Å². The summed E-state index contributed by atoms with van der Waals surface area (Å²) < 4.78 is 0. The van der Waals surface area contributed by atoms with Crippen LogP contribution in [0.3, 0.4) is 0 Å². The quantitative estimate of drug-likeness (QED) is 0.857. The summed E-state index contributed by atoms with van der Waals surface area (Å²) >= 11 is 0. The molecule has 0 saturated heterocycles. The van der Waals surface area contributed by atoms with Gasteiger partial charge in [-0.1, -0.05) is 32.1 Å². The molecule has 1 fully saturated rings. The first kappa shape index (κ1) is 15.4. The highest BCUT2D eigenvalue weighted by atomic mass is 16.2. The van der Waals surface area contributed by atoms with Gasteiger partial charge in [-0.05, 0) is 12.3 Å². The van der Waals surface area contributed by atoms with Crippen LogP contribution in [0.25, 0.3) is 0 Å². The summed E-state index contributed by atoms with van der Waals surface area (Å²) in [6.07, 6.45) is 11.5. The number of carbonyl (C=O) groups is 2. The molecule has 0 aliphatic heterocycles. The standard InChI is InChI=1S/C15H22N4O2/c16-14(20)10-19(7-6-12-4-2-1-3-5-12)15(21)13-8-17-11-18-9-13/h8-9,11-12H,1-7,10H2,(H2,16,20). The van der Waals surface area contributed by atoms with Gasteiger partial charge in [0.2, 0.25) is 5.91 Å². The largest absolute Gasteiger partial charge is 0.368 e. The molecule has 0 unspecified atom stereocenters. The Kier molecular flexibility index (Phi) is 5.66. The second kappa shape index (κ2) is 7.71. The third kappa shape index (κ3) is 4.81. The van der Waals surface area contributed by atoms with Crippen molar-refractivity contribution < 1.29 is 9.59 Å². The number of carbonyl (C=O) groups excluding carboxylic acids is 2. The Morgan fingerprint density at radius 2 is 1.86 bits per heavy atom. The van der Waals surface area contributed by atoms with E-state index in [1.54, 1.807) is 0 Å². The van der Waals surface area contributed by atoms with Crippen LogP contribution in [0.5, 0.6) is 0 Å². The summed E-state index contributed by atoms with van der Waals surface area (Å²) in [4.78, 5) is 32.8.